The lowest BCUT2D eigenvalue weighted by Crippen LogP contribution is -2.30. The van der Waals surface area contributed by atoms with Crippen LogP contribution in [0.5, 0.6) is 0 Å². The van der Waals surface area contributed by atoms with E-state index in [9.17, 15) is 4.39 Å². The van der Waals surface area contributed by atoms with Gasteiger partial charge in [0.2, 0.25) is 0 Å². The third kappa shape index (κ3) is 2.87. The highest BCUT2D eigenvalue weighted by atomic mass is 79.9. The average molecular weight is 365 g/mol. The summed E-state index contributed by atoms with van der Waals surface area (Å²) in [6, 6.07) is 13.2. The van der Waals surface area contributed by atoms with Crippen LogP contribution in [0.1, 0.15) is 17.2 Å². The van der Waals surface area contributed by atoms with E-state index in [1.165, 1.54) is 15.6 Å². The Bertz CT molecular complexity index is 772. The van der Waals surface area contributed by atoms with E-state index in [1.54, 1.807) is 23.5 Å². The van der Waals surface area contributed by atoms with Crippen molar-refractivity contribution in [2.75, 3.05) is 0 Å². The molecule has 0 saturated carbocycles. The van der Waals surface area contributed by atoms with Crippen molar-refractivity contribution in [3.63, 3.8) is 0 Å². The average Bonchev–Trinajstić information content (AvgIpc) is 2.91. The lowest BCUT2D eigenvalue weighted by Gasteiger charge is -2.17. The van der Waals surface area contributed by atoms with E-state index < -0.39 is 0 Å². The Morgan fingerprint density at radius 3 is 2.81 bits per heavy atom. The molecule has 0 radical (unpaired) electrons. The molecule has 1 atom stereocenters. The standard InChI is InChI=1S/C16H14BrFN2S/c17-13-6-3-5-12(16(13)18)14(20-19)8-10-9-21-15-7-2-1-4-11(10)15/h1-7,9,14,20H,8,19H2. The molecule has 108 valence electrons. The molecule has 0 spiro atoms. The van der Waals surface area contributed by atoms with Crippen LogP contribution < -0.4 is 11.3 Å². The Morgan fingerprint density at radius 1 is 1.19 bits per heavy atom. The van der Waals surface area contributed by atoms with E-state index in [4.69, 9.17) is 5.84 Å². The Hall–Kier alpha value is -1.27. The van der Waals surface area contributed by atoms with E-state index in [0.29, 0.717) is 16.5 Å². The zero-order valence-electron chi connectivity index (χ0n) is 11.1. The SMILES string of the molecule is NNC(Cc1csc2ccccc12)c1cccc(Br)c1F. The van der Waals surface area contributed by atoms with Gasteiger partial charge in [0.05, 0.1) is 10.5 Å². The minimum atomic E-state index is -0.264. The molecule has 3 rings (SSSR count). The number of benzene rings is 2. The fourth-order valence-corrected chi connectivity index (χ4v) is 3.82. The van der Waals surface area contributed by atoms with Gasteiger partial charge in [0.25, 0.3) is 0 Å². The van der Waals surface area contributed by atoms with Gasteiger partial charge in [-0.2, -0.15) is 0 Å². The van der Waals surface area contributed by atoms with Crippen LogP contribution in [0.25, 0.3) is 10.1 Å². The van der Waals surface area contributed by atoms with Crippen molar-refractivity contribution >= 4 is 37.4 Å². The van der Waals surface area contributed by atoms with Gasteiger partial charge in [-0.15, -0.1) is 11.3 Å². The van der Waals surface area contributed by atoms with Crippen molar-refractivity contribution < 1.29 is 4.39 Å². The highest BCUT2D eigenvalue weighted by Gasteiger charge is 2.18. The molecule has 1 aromatic heterocycles. The molecule has 1 unspecified atom stereocenters. The maximum absolute atomic E-state index is 14.2. The summed E-state index contributed by atoms with van der Waals surface area (Å²) in [6.07, 6.45) is 0.647. The molecule has 0 aliphatic heterocycles. The van der Waals surface area contributed by atoms with Crippen molar-refractivity contribution in [2.24, 2.45) is 5.84 Å². The first-order valence-corrected chi connectivity index (χ1v) is 8.23. The summed E-state index contributed by atoms with van der Waals surface area (Å²) in [5, 5.41) is 3.32. The molecule has 0 aliphatic rings. The highest BCUT2D eigenvalue weighted by molar-refractivity contribution is 9.10. The summed E-state index contributed by atoms with van der Waals surface area (Å²) in [7, 11) is 0. The van der Waals surface area contributed by atoms with Gasteiger partial charge in [-0.1, -0.05) is 30.3 Å². The normalized spacial score (nSPS) is 12.7. The van der Waals surface area contributed by atoms with Crippen LogP contribution in [0.4, 0.5) is 4.39 Å². The lowest BCUT2D eigenvalue weighted by molar-refractivity contribution is 0.509. The summed E-state index contributed by atoms with van der Waals surface area (Å²) in [4.78, 5) is 0. The van der Waals surface area contributed by atoms with Gasteiger partial charge in [-0.05, 0) is 50.8 Å². The van der Waals surface area contributed by atoms with Crippen LogP contribution in [0.3, 0.4) is 0 Å². The Kier molecular flexibility index (Phi) is 4.35. The van der Waals surface area contributed by atoms with Crippen molar-refractivity contribution in [3.05, 3.63) is 69.3 Å². The quantitative estimate of drug-likeness (QED) is 0.526. The van der Waals surface area contributed by atoms with Gasteiger partial charge >= 0.3 is 0 Å². The predicted molar refractivity (Wildman–Crippen MR) is 89.7 cm³/mol. The highest BCUT2D eigenvalue weighted by Crippen LogP contribution is 2.31. The molecule has 2 aromatic carbocycles. The molecule has 5 heteroatoms. The van der Waals surface area contributed by atoms with Crippen LogP contribution in [-0.2, 0) is 6.42 Å². The van der Waals surface area contributed by atoms with E-state index in [-0.39, 0.29) is 11.9 Å². The Morgan fingerprint density at radius 2 is 2.00 bits per heavy atom. The predicted octanol–water partition coefficient (Wildman–Crippen LogP) is 4.55. The van der Waals surface area contributed by atoms with Crippen LogP contribution in [0.15, 0.2) is 52.3 Å². The van der Waals surface area contributed by atoms with Gasteiger partial charge in [-0.3, -0.25) is 11.3 Å². The van der Waals surface area contributed by atoms with Gasteiger partial charge in [0, 0.05) is 10.3 Å². The summed E-state index contributed by atoms with van der Waals surface area (Å²) in [5.41, 5.74) is 4.48. The molecule has 1 heterocycles. The molecular weight excluding hydrogens is 351 g/mol. The molecule has 0 saturated heterocycles. The smallest absolute Gasteiger partial charge is 0.142 e. The van der Waals surface area contributed by atoms with Crippen molar-refractivity contribution in [1.82, 2.24) is 5.43 Å². The van der Waals surface area contributed by atoms with Crippen molar-refractivity contribution in [1.29, 1.82) is 0 Å². The first kappa shape index (κ1) is 14.7. The molecule has 2 nitrogen and oxygen atoms in total. The van der Waals surface area contributed by atoms with E-state index in [0.717, 1.165) is 0 Å². The van der Waals surface area contributed by atoms with Gasteiger partial charge in [0.15, 0.2) is 0 Å². The number of hydrazine groups is 1. The van der Waals surface area contributed by atoms with Crippen LogP contribution in [-0.4, -0.2) is 0 Å². The first-order chi connectivity index (χ1) is 10.2. The molecular formula is C16H14BrFN2S. The maximum atomic E-state index is 14.2. The van der Waals surface area contributed by atoms with E-state index >= 15 is 0 Å². The fraction of sp³-hybridized carbons (Fsp3) is 0.125. The summed E-state index contributed by atoms with van der Waals surface area (Å²) < 4.78 is 15.9. The molecule has 21 heavy (non-hydrogen) atoms. The van der Waals surface area contributed by atoms with Gasteiger partial charge in [0.1, 0.15) is 5.82 Å². The first-order valence-electron chi connectivity index (χ1n) is 6.56. The van der Waals surface area contributed by atoms with Gasteiger partial charge in [-0.25, -0.2) is 4.39 Å². The van der Waals surface area contributed by atoms with E-state index in [2.05, 4.69) is 38.9 Å². The number of hydrogen-bond donors (Lipinski definition) is 2. The second kappa shape index (κ2) is 6.23. The number of rotatable bonds is 4. The molecule has 3 aromatic rings. The van der Waals surface area contributed by atoms with E-state index in [1.807, 2.05) is 18.2 Å². The third-order valence-electron chi connectivity index (χ3n) is 3.54. The Labute approximate surface area is 134 Å². The zero-order chi connectivity index (χ0) is 14.8. The summed E-state index contributed by atoms with van der Waals surface area (Å²) in [6.45, 7) is 0. The topological polar surface area (TPSA) is 38.0 Å². The zero-order valence-corrected chi connectivity index (χ0v) is 13.5. The Balaban J connectivity index is 1.96. The number of fused-ring (bicyclic) bond motifs is 1. The number of halogens is 2. The fourth-order valence-electron chi connectivity index (χ4n) is 2.46. The molecule has 0 fully saturated rings. The third-order valence-corrected chi connectivity index (χ3v) is 5.17. The molecule has 3 N–H and O–H groups in total. The second-order valence-electron chi connectivity index (χ2n) is 4.82. The second-order valence-corrected chi connectivity index (χ2v) is 6.59. The van der Waals surface area contributed by atoms with Crippen LogP contribution >= 0.6 is 27.3 Å². The van der Waals surface area contributed by atoms with Crippen molar-refractivity contribution in [3.8, 4) is 0 Å². The lowest BCUT2D eigenvalue weighted by atomic mass is 9.98. The number of thiophene rings is 1. The summed E-state index contributed by atoms with van der Waals surface area (Å²) in [5.74, 6) is 5.39. The molecule has 0 bridgehead atoms. The monoisotopic (exact) mass is 364 g/mol. The maximum Gasteiger partial charge on any atom is 0.142 e. The minimum absolute atomic E-state index is 0.263. The van der Waals surface area contributed by atoms with Gasteiger partial charge < -0.3 is 0 Å². The van der Waals surface area contributed by atoms with Crippen LogP contribution in [0, 0.1) is 5.82 Å². The number of hydrogen-bond acceptors (Lipinski definition) is 3. The minimum Gasteiger partial charge on any atom is -0.271 e. The number of nitrogens with two attached hydrogens (primary N) is 1. The van der Waals surface area contributed by atoms with Crippen LogP contribution in [0.2, 0.25) is 0 Å². The molecule has 0 aliphatic carbocycles. The van der Waals surface area contributed by atoms with Crippen molar-refractivity contribution in [2.45, 2.75) is 12.5 Å². The summed E-state index contributed by atoms with van der Waals surface area (Å²) >= 11 is 4.92. The number of nitrogens with one attached hydrogen (secondary N) is 1. The largest absolute Gasteiger partial charge is 0.271 e. The molecule has 0 amide bonds.